The maximum absolute atomic E-state index is 6.13. The Kier molecular flexibility index (Phi) is 6.22. The zero-order valence-corrected chi connectivity index (χ0v) is 16.5. The summed E-state index contributed by atoms with van der Waals surface area (Å²) in [6.07, 6.45) is 3.70. The van der Waals surface area contributed by atoms with Crippen LogP contribution >= 0.6 is 35.3 Å². The van der Waals surface area contributed by atoms with Crippen LogP contribution in [-0.4, -0.2) is 51.8 Å². The number of anilines is 1. The predicted octanol–water partition coefficient (Wildman–Crippen LogP) is 1.44. The van der Waals surface area contributed by atoms with Gasteiger partial charge in [-0.15, -0.1) is 35.3 Å². The molecule has 2 N–H and O–H groups in total. The van der Waals surface area contributed by atoms with E-state index in [9.17, 15) is 0 Å². The molecule has 0 radical (unpaired) electrons. The Morgan fingerprint density at radius 3 is 2.65 bits per heavy atom. The highest BCUT2D eigenvalue weighted by Crippen LogP contribution is 2.18. The van der Waals surface area contributed by atoms with Gasteiger partial charge in [0.05, 0.1) is 12.7 Å². The van der Waals surface area contributed by atoms with Gasteiger partial charge in [0.2, 0.25) is 0 Å². The maximum Gasteiger partial charge on any atom is 0.191 e. The maximum atomic E-state index is 6.13. The zero-order chi connectivity index (χ0) is 15.5. The van der Waals surface area contributed by atoms with Crippen molar-refractivity contribution in [3.05, 3.63) is 29.0 Å². The lowest BCUT2D eigenvalue weighted by molar-refractivity contribution is 0.380. The number of aliphatic imine (C=N–C) groups is 1. The second-order valence-electron chi connectivity index (χ2n) is 5.34. The van der Waals surface area contributed by atoms with E-state index in [4.69, 9.17) is 5.73 Å². The average molecular weight is 447 g/mol. The van der Waals surface area contributed by atoms with Gasteiger partial charge in [0.15, 0.2) is 11.1 Å². The Bertz CT molecular complexity index is 644. The van der Waals surface area contributed by atoms with Gasteiger partial charge in [-0.3, -0.25) is 4.68 Å². The number of guanidine groups is 1. The lowest BCUT2D eigenvalue weighted by Gasteiger charge is -2.35. The van der Waals surface area contributed by atoms with E-state index in [0.717, 1.165) is 42.6 Å². The van der Waals surface area contributed by atoms with Crippen LogP contribution in [0.5, 0.6) is 0 Å². The second kappa shape index (κ2) is 7.95. The van der Waals surface area contributed by atoms with Crippen molar-refractivity contribution in [3.63, 3.8) is 0 Å². The first-order valence-electron chi connectivity index (χ1n) is 7.32. The number of aryl methyl sites for hydroxylation is 1. The summed E-state index contributed by atoms with van der Waals surface area (Å²) in [5.74, 6) is 0.613. The number of piperazine rings is 1. The summed E-state index contributed by atoms with van der Waals surface area (Å²) < 4.78 is 1.86. The van der Waals surface area contributed by atoms with E-state index in [1.807, 2.05) is 36.4 Å². The van der Waals surface area contributed by atoms with Crippen molar-refractivity contribution >= 4 is 46.4 Å². The minimum absolute atomic E-state index is 0. The van der Waals surface area contributed by atoms with E-state index in [-0.39, 0.29) is 24.0 Å². The fourth-order valence-corrected chi connectivity index (χ4v) is 3.16. The molecule has 1 saturated heterocycles. The summed E-state index contributed by atoms with van der Waals surface area (Å²) >= 11 is 1.68. The van der Waals surface area contributed by atoms with Crippen LogP contribution in [0.15, 0.2) is 22.8 Å². The smallest absolute Gasteiger partial charge is 0.191 e. The minimum Gasteiger partial charge on any atom is -0.370 e. The number of thiazole rings is 1. The van der Waals surface area contributed by atoms with Crippen molar-refractivity contribution in [1.82, 2.24) is 19.7 Å². The molecule has 3 rings (SSSR count). The van der Waals surface area contributed by atoms with Crippen molar-refractivity contribution in [3.8, 4) is 0 Å². The van der Waals surface area contributed by atoms with Crippen LogP contribution in [0.1, 0.15) is 11.3 Å². The van der Waals surface area contributed by atoms with Crippen molar-refractivity contribution in [2.75, 3.05) is 31.1 Å². The Hall–Kier alpha value is -1.36. The van der Waals surface area contributed by atoms with Gasteiger partial charge in [0, 0.05) is 56.1 Å². The quantitative estimate of drug-likeness (QED) is 0.438. The molecular formula is C14H22IN7S. The third-order valence-electron chi connectivity index (χ3n) is 4.04. The van der Waals surface area contributed by atoms with Crippen LogP contribution in [0.4, 0.5) is 5.13 Å². The van der Waals surface area contributed by atoms with Crippen molar-refractivity contribution in [2.24, 2.45) is 17.8 Å². The number of aromatic nitrogens is 3. The molecule has 126 valence electrons. The molecule has 0 amide bonds. The summed E-state index contributed by atoms with van der Waals surface area (Å²) in [5, 5.41) is 7.32. The van der Waals surface area contributed by atoms with Crippen LogP contribution < -0.4 is 10.6 Å². The predicted molar refractivity (Wildman–Crippen MR) is 105 cm³/mol. The third kappa shape index (κ3) is 4.14. The standard InChI is InChI=1S/C14H21N7S.HI/c1-11-12(10-18-19(11)2)9-17-13(15)20-4-6-21(7-5-20)14-16-3-8-22-14;/h3,8,10H,4-7,9H2,1-2H3,(H2,15,17);1H. The lowest BCUT2D eigenvalue weighted by atomic mass is 10.3. The largest absolute Gasteiger partial charge is 0.370 e. The summed E-state index contributed by atoms with van der Waals surface area (Å²) in [6.45, 7) is 6.23. The van der Waals surface area contributed by atoms with Crippen LogP contribution in [0, 0.1) is 6.92 Å². The highest BCUT2D eigenvalue weighted by atomic mass is 127. The van der Waals surface area contributed by atoms with Gasteiger partial charge >= 0.3 is 0 Å². The highest BCUT2D eigenvalue weighted by molar-refractivity contribution is 14.0. The van der Waals surface area contributed by atoms with Gasteiger partial charge in [-0.05, 0) is 6.92 Å². The molecular weight excluding hydrogens is 425 g/mol. The second-order valence-corrected chi connectivity index (χ2v) is 6.22. The number of halogens is 1. The fourth-order valence-electron chi connectivity index (χ4n) is 2.46. The zero-order valence-electron chi connectivity index (χ0n) is 13.3. The Morgan fingerprint density at radius 1 is 1.35 bits per heavy atom. The number of hydrogen-bond acceptors (Lipinski definition) is 5. The molecule has 0 spiro atoms. The van der Waals surface area contributed by atoms with Gasteiger partial charge in [0.1, 0.15) is 0 Å². The van der Waals surface area contributed by atoms with E-state index in [1.54, 1.807) is 11.3 Å². The molecule has 0 aromatic carbocycles. The Morgan fingerprint density at radius 2 is 2.09 bits per heavy atom. The summed E-state index contributed by atoms with van der Waals surface area (Å²) in [6, 6.07) is 0. The Labute approximate surface area is 157 Å². The van der Waals surface area contributed by atoms with Crippen molar-refractivity contribution in [1.29, 1.82) is 0 Å². The van der Waals surface area contributed by atoms with Gasteiger partial charge in [-0.2, -0.15) is 5.10 Å². The van der Waals surface area contributed by atoms with Gasteiger partial charge < -0.3 is 15.5 Å². The van der Waals surface area contributed by atoms with Crippen LogP contribution in [0.3, 0.4) is 0 Å². The van der Waals surface area contributed by atoms with Crippen LogP contribution in [-0.2, 0) is 13.6 Å². The van der Waals surface area contributed by atoms with E-state index in [0.29, 0.717) is 12.5 Å². The van der Waals surface area contributed by atoms with Crippen LogP contribution in [0.2, 0.25) is 0 Å². The highest BCUT2D eigenvalue weighted by Gasteiger charge is 2.19. The first kappa shape index (κ1) is 18.0. The molecule has 9 heteroatoms. The van der Waals surface area contributed by atoms with Gasteiger partial charge in [-0.25, -0.2) is 9.98 Å². The molecule has 2 aromatic heterocycles. The molecule has 0 bridgehead atoms. The first-order valence-corrected chi connectivity index (χ1v) is 8.20. The molecule has 1 aliphatic rings. The lowest BCUT2D eigenvalue weighted by Crippen LogP contribution is -2.51. The monoisotopic (exact) mass is 447 g/mol. The summed E-state index contributed by atoms with van der Waals surface area (Å²) in [7, 11) is 1.93. The molecule has 23 heavy (non-hydrogen) atoms. The van der Waals surface area contributed by atoms with Gasteiger partial charge in [0.25, 0.3) is 0 Å². The molecule has 1 aliphatic heterocycles. The Balaban J connectivity index is 0.00000192. The molecule has 2 aromatic rings. The van der Waals surface area contributed by atoms with E-state index in [2.05, 4.69) is 24.9 Å². The van der Waals surface area contributed by atoms with Gasteiger partial charge in [-0.1, -0.05) is 0 Å². The summed E-state index contributed by atoms with van der Waals surface area (Å²) in [5.41, 5.74) is 8.38. The normalized spacial score (nSPS) is 15.7. The number of nitrogens with two attached hydrogens (primary N) is 1. The van der Waals surface area contributed by atoms with Crippen molar-refractivity contribution in [2.45, 2.75) is 13.5 Å². The average Bonchev–Trinajstić information content (AvgIpc) is 3.17. The molecule has 0 saturated carbocycles. The fraction of sp³-hybridized carbons (Fsp3) is 0.500. The van der Waals surface area contributed by atoms with Crippen LogP contribution in [0.25, 0.3) is 0 Å². The molecule has 0 atom stereocenters. The molecule has 1 fully saturated rings. The molecule has 0 aliphatic carbocycles. The number of nitrogens with zero attached hydrogens (tertiary/aromatic N) is 6. The SMILES string of the molecule is Cc1c(CN=C(N)N2CCN(c3nccs3)CC2)cnn1C.I. The molecule has 0 unspecified atom stereocenters. The van der Waals surface area contributed by atoms with E-state index >= 15 is 0 Å². The summed E-state index contributed by atoms with van der Waals surface area (Å²) in [4.78, 5) is 13.3. The van der Waals surface area contributed by atoms with E-state index in [1.165, 1.54) is 0 Å². The minimum atomic E-state index is 0. The number of hydrogen-bond donors (Lipinski definition) is 1. The molecule has 3 heterocycles. The molecule has 7 nitrogen and oxygen atoms in total. The first-order chi connectivity index (χ1) is 10.6. The van der Waals surface area contributed by atoms with E-state index < -0.39 is 0 Å². The third-order valence-corrected chi connectivity index (χ3v) is 4.87. The topological polar surface area (TPSA) is 75.6 Å². The number of rotatable bonds is 3. The van der Waals surface area contributed by atoms with Crippen molar-refractivity contribution < 1.29 is 0 Å².